The van der Waals surface area contributed by atoms with E-state index in [0.717, 1.165) is 0 Å². The van der Waals surface area contributed by atoms with E-state index in [1.54, 1.807) is 0 Å². The maximum atomic E-state index is 3.38. The molecule has 0 bridgehead atoms. The van der Waals surface area contributed by atoms with E-state index in [4.69, 9.17) is 0 Å². The van der Waals surface area contributed by atoms with Crippen molar-refractivity contribution in [3.63, 3.8) is 0 Å². The zero-order valence-electron chi connectivity index (χ0n) is 10.5. The predicted molar refractivity (Wildman–Crippen MR) is 77.0 cm³/mol. The molecule has 0 saturated carbocycles. The summed E-state index contributed by atoms with van der Waals surface area (Å²) in [5.74, 6) is 0. The molecular formula is C16H14N2. The van der Waals surface area contributed by atoms with Crippen molar-refractivity contribution in [2.75, 3.05) is 0 Å². The Labute approximate surface area is 105 Å². The molecule has 0 aliphatic heterocycles. The van der Waals surface area contributed by atoms with Crippen LogP contribution in [0.3, 0.4) is 0 Å². The SMILES string of the molecule is Cc1cc2ccc3cn(C)[nH]c4ccc(c1)c2c34. The molecule has 2 heteroatoms. The molecule has 0 spiro atoms. The highest BCUT2D eigenvalue weighted by molar-refractivity contribution is 6.21. The van der Waals surface area contributed by atoms with Gasteiger partial charge in [0.25, 0.3) is 0 Å². The Morgan fingerprint density at radius 3 is 2.33 bits per heavy atom. The summed E-state index contributed by atoms with van der Waals surface area (Å²) in [6.45, 7) is 2.15. The van der Waals surface area contributed by atoms with Crippen LogP contribution in [-0.2, 0) is 7.05 Å². The molecule has 2 nitrogen and oxygen atoms in total. The predicted octanol–water partition coefficient (Wildman–Crippen LogP) is 4.12. The van der Waals surface area contributed by atoms with E-state index in [1.807, 2.05) is 11.7 Å². The van der Waals surface area contributed by atoms with Crippen molar-refractivity contribution in [3.05, 3.63) is 48.2 Å². The Bertz CT molecular complexity index is 752. The third-order valence-corrected chi connectivity index (χ3v) is 3.65. The highest BCUT2D eigenvalue weighted by Crippen LogP contribution is 2.33. The number of nitrogens with zero attached hydrogens (tertiary/aromatic N) is 1. The van der Waals surface area contributed by atoms with Gasteiger partial charge in [0.15, 0.2) is 0 Å². The zero-order valence-corrected chi connectivity index (χ0v) is 10.5. The molecule has 1 aromatic heterocycles. The smallest absolute Gasteiger partial charge is 0.0627 e. The highest BCUT2D eigenvalue weighted by Gasteiger charge is 2.08. The van der Waals surface area contributed by atoms with E-state index in [-0.39, 0.29) is 0 Å². The molecule has 3 aromatic carbocycles. The van der Waals surface area contributed by atoms with Gasteiger partial charge in [-0.1, -0.05) is 30.3 Å². The lowest BCUT2D eigenvalue weighted by Crippen LogP contribution is -1.97. The normalized spacial score (nSPS) is 11.9. The van der Waals surface area contributed by atoms with Crippen molar-refractivity contribution in [2.45, 2.75) is 6.92 Å². The van der Waals surface area contributed by atoms with Crippen molar-refractivity contribution in [3.8, 4) is 0 Å². The number of nitrogens with one attached hydrogen (secondary N) is 1. The van der Waals surface area contributed by atoms with E-state index >= 15 is 0 Å². The van der Waals surface area contributed by atoms with Crippen LogP contribution in [0.4, 0.5) is 0 Å². The monoisotopic (exact) mass is 234 g/mol. The van der Waals surface area contributed by atoms with E-state index in [2.05, 4.69) is 54.6 Å². The van der Waals surface area contributed by atoms with Gasteiger partial charge in [0.1, 0.15) is 0 Å². The van der Waals surface area contributed by atoms with Crippen LogP contribution in [0.1, 0.15) is 5.56 Å². The lowest BCUT2D eigenvalue weighted by atomic mass is 9.96. The van der Waals surface area contributed by atoms with Crippen molar-refractivity contribution >= 4 is 32.4 Å². The van der Waals surface area contributed by atoms with Gasteiger partial charge in [-0.2, -0.15) is 0 Å². The molecule has 0 saturated heterocycles. The fraction of sp³-hybridized carbons (Fsp3) is 0.125. The molecule has 0 aliphatic carbocycles. The number of rotatable bonds is 0. The second kappa shape index (κ2) is 3.16. The highest BCUT2D eigenvalue weighted by atomic mass is 15.2. The third kappa shape index (κ3) is 1.17. The average Bonchev–Trinajstić information content (AvgIpc) is 2.34. The molecule has 0 aliphatic rings. The molecule has 0 radical (unpaired) electrons. The van der Waals surface area contributed by atoms with E-state index in [9.17, 15) is 0 Å². The molecule has 0 fully saturated rings. The minimum absolute atomic E-state index is 1.19. The zero-order chi connectivity index (χ0) is 12.3. The van der Waals surface area contributed by atoms with E-state index < -0.39 is 0 Å². The minimum atomic E-state index is 1.19. The first-order chi connectivity index (χ1) is 8.72. The maximum absolute atomic E-state index is 3.38. The van der Waals surface area contributed by atoms with Gasteiger partial charge < -0.3 is 0 Å². The molecule has 4 aromatic rings. The number of H-pyrrole nitrogens is 1. The fourth-order valence-electron chi connectivity index (χ4n) is 2.98. The second-order valence-corrected chi connectivity index (χ2v) is 5.08. The summed E-state index contributed by atoms with van der Waals surface area (Å²) in [7, 11) is 2.03. The summed E-state index contributed by atoms with van der Waals surface area (Å²) in [5.41, 5.74) is 2.51. The van der Waals surface area contributed by atoms with Crippen molar-refractivity contribution in [1.82, 2.24) is 9.78 Å². The van der Waals surface area contributed by atoms with E-state index in [1.165, 1.54) is 38.0 Å². The summed E-state index contributed by atoms with van der Waals surface area (Å²) < 4.78 is 2.01. The Balaban J connectivity index is 2.41. The molecule has 4 rings (SSSR count). The lowest BCUT2D eigenvalue weighted by molar-refractivity contribution is 0.764. The van der Waals surface area contributed by atoms with Crippen LogP contribution in [-0.4, -0.2) is 9.78 Å². The largest absolute Gasteiger partial charge is 0.299 e. The molecule has 0 amide bonds. The van der Waals surface area contributed by atoms with Crippen LogP contribution in [0, 0.1) is 6.92 Å². The Morgan fingerprint density at radius 2 is 1.56 bits per heavy atom. The standard InChI is InChI=1S/C16H14N2/c1-10-7-11-3-4-13-9-18(2)17-14-6-5-12(8-10)15(11)16(13)14/h3-9,17H,1-2H3. The summed E-state index contributed by atoms with van der Waals surface area (Å²) in [4.78, 5) is 0. The Kier molecular flexibility index (Phi) is 1.72. The maximum Gasteiger partial charge on any atom is 0.0627 e. The van der Waals surface area contributed by atoms with Crippen molar-refractivity contribution in [1.29, 1.82) is 0 Å². The third-order valence-electron chi connectivity index (χ3n) is 3.65. The molecule has 88 valence electrons. The van der Waals surface area contributed by atoms with Gasteiger partial charge >= 0.3 is 0 Å². The van der Waals surface area contributed by atoms with Gasteiger partial charge in [-0.25, -0.2) is 0 Å². The number of aromatic nitrogens is 2. The van der Waals surface area contributed by atoms with Gasteiger partial charge in [0.2, 0.25) is 0 Å². The lowest BCUT2D eigenvalue weighted by Gasteiger charge is -2.13. The Morgan fingerprint density at radius 1 is 0.889 bits per heavy atom. The van der Waals surface area contributed by atoms with Gasteiger partial charge in [-0.15, -0.1) is 0 Å². The number of hydrogen-bond donors (Lipinski definition) is 1. The summed E-state index contributed by atoms with van der Waals surface area (Å²) in [5, 5.41) is 10.0. The molecule has 0 atom stereocenters. The number of aromatic amines is 1. The van der Waals surface area contributed by atoms with Crippen molar-refractivity contribution in [2.24, 2.45) is 7.05 Å². The number of aryl methyl sites for hydroxylation is 2. The number of benzene rings is 3. The Hall–Kier alpha value is -2.22. The molecule has 1 heterocycles. The van der Waals surface area contributed by atoms with Gasteiger partial charge in [0.05, 0.1) is 5.52 Å². The van der Waals surface area contributed by atoms with Gasteiger partial charge in [0, 0.05) is 24.0 Å². The first-order valence-corrected chi connectivity index (χ1v) is 6.19. The van der Waals surface area contributed by atoms with E-state index in [0.29, 0.717) is 0 Å². The van der Waals surface area contributed by atoms with Crippen LogP contribution in [0.25, 0.3) is 32.4 Å². The first kappa shape index (κ1) is 9.77. The molecule has 18 heavy (non-hydrogen) atoms. The molecular weight excluding hydrogens is 220 g/mol. The van der Waals surface area contributed by atoms with Crippen LogP contribution in [0.2, 0.25) is 0 Å². The summed E-state index contributed by atoms with van der Waals surface area (Å²) >= 11 is 0. The van der Waals surface area contributed by atoms with Gasteiger partial charge in [-0.05, 0) is 34.7 Å². The summed E-state index contributed by atoms with van der Waals surface area (Å²) in [6.07, 6.45) is 2.14. The molecule has 0 unspecified atom stereocenters. The van der Waals surface area contributed by atoms with Crippen LogP contribution in [0.15, 0.2) is 42.6 Å². The quantitative estimate of drug-likeness (QED) is 0.442. The first-order valence-electron chi connectivity index (χ1n) is 6.19. The second-order valence-electron chi connectivity index (χ2n) is 5.08. The summed E-state index contributed by atoms with van der Waals surface area (Å²) in [6, 6.07) is 13.3. The topological polar surface area (TPSA) is 20.7 Å². The fourth-order valence-corrected chi connectivity index (χ4v) is 2.98. The minimum Gasteiger partial charge on any atom is -0.299 e. The van der Waals surface area contributed by atoms with Crippen LogP contribution < -0.4 is 0 Å². The van der Waals surface area contributed by atoms with Crippen LogP contribution in [0.5, 0.6) is 0 Å². The molecule has 1 N–H and O–H groups in total. The van der Waals surface area contributed by atoms with Crippen LogP contribution >= 0.6 is 0 Å². The average molecular weight is 234 g/mol. The van der Waals surface area contributed by atoms with Crippen molar-refractivity contribution < 1.29 is 0 Å². The number of hydrogen-bond acceptors (Lipinski definition) is 0. The van der Waals surface area contributed by atoms with Gasteiger partial charge in [-0.3, -0.25) is 9.78 Å².